The molecule has 0 saturated carbocycles. The first-order valence-corrected chi connectivity index (χ1v) is 15.3. The molecular weight excluding hydrogens is 466 g/mol. The molecule has 35 heavy (non-hydrogen) atoms. The van der Waals surface area contributed by atoms with Crippen LogP contribution in [0.25, 0.3) is 0 Å². The van der Waals surface area contributed by atoms with E-state index >= 15 is 0 Å². The van der Waals surface area contributed by atoms with Gasteiger partial charge in [0.25, 0.3) is 0 Å². The van der Waals surface area contributed by atoms with E-state index in [-0.39, 0.29) is 36.2 Å². The van der Waals surface area contributed by atoms with E-state index in [4.69, 9.17) is 14.6 Å². The van der Waals surface area contributed by atoms with E-state index in [1.165, 1.54) is 0 Å². The standard InChI is InChI=1S/C24H37N5O5Si/c1-16-23(33-2)19-13-18(29-11-9-25-14-22(29)31)5-6-20(19)34-24(16)21(35(3,4)32)7-10-28-15-17(8-12-30)26-27-28/h5-6,13,15-16,21,23-25,30,32H,7-12,14H2,1-4H3/t16-,21?,23-,24-/m1/s1. The molecule has 2 aliphatic rings. The van der Waals surface area contributed by atoms with Gasteiger partial charge in [-0.25, -0.2) is 0 Å². The number of fused-ring (bicyclic) bond motifs is 1. The molecule has 1 amide bonds. The van der Waals surface area contributed by atoms with Crippen LogP contribution in [0.4, 0.5) is 5.69 Å². The third kappa shape index (κ3) is 5.59. The summed E-state index contributed by atoms with van der Waals surface area (Å²) in [5, 5.41) is 20.5. The normalized spacial score (nSPS) is 23.7. The van der Waals surface area contributed by atoms with Gasteiger partial charge in [0.1, 0.15) is 11.9 Å². The number of piperazine rings is 1. The Kier molecular flexibility index (Phi) is 7.91. The van der Waals surface area contributed by atoms with Gasteiger partial charge >= 0.3 is 0 Å². The Hall–Kier alpha value is -2.31. The minimum atomic E-state index is -2.63. The number of ether oxygens (including phenoxy) is 2. The minimum absolute atomic E-state index is 0.00825. The Morgan fingerprint density at radius 2 is 2.17 bits per heavy atom. The SMILES string of the molecule is CO[C@H]1c2cc(N3CCNCC3=O)ccc2O[C@@H](C(CCn2cc(CCO)nn2)[Si](C)(C)O)[C@@H]1C. The molecule has 192 valence electrons. The third-order valence-corrected chi connectivity index (χ3v) is 9.57. The Morgan fingerprint density at radius 3 is 2.86 bits per heavy atom. The van der Waals surface area contributed by atoms with E-state index in [0.29, 0.717) is 32.5 Å². The number of hydrogen-bond acceptors (Lipinski definition) is 8. The predicted octanol–water partition coefficient (Wildman–Crippen LogP) is 1.49. The summed E-state index contributed by atoms with van der Waals surface area (Å²) in [6.07, 6.45) is 2.55. The number of anilines is 1. The van der Waals surface area contributed by atoms with Crippen molar-refractivity contribution in [3.63, 3.8) is 0 Å². The molecule has 0 bridgehead atoms. The first-order chi connectivity index (χ1) is 16.7. The number of benzene rings is 1. The number of aliphatic hydroxyl groups is 1. The second-order valence-electron chi connectivity index (χ2n) is 10.0. The largest absolute Gasteiger partial charge is 0.490 e. The van der Waals surface area contributed by atoms with Gasteiger partial charge in [-0.2, -0.15) is 0 Å². The minimum Gasteiger partial charge on any atom is -0.490 e. The van der Waals surface area contributed by atoms with Crippen LogP contribution >= 0.6 is 0 Å². The van der Waals surface area contributed by atoms with Crippen LogP contribution in [0.1, 0.15) is 30.7 Å². The van der Waals surface area contributed by atoms with Crippen molar-refractivity contribution in [2.75, 3.05) is 38.3 Å². The number of rotatable bonds is 9. The summed E-state index contributed by atoms with van der Waals surface area (Å²) in [6, 6.07) is 5.86. The van der Waals surface area contributed by atoms with Crippen LogP contribution in [0, 0.1) is 5.92 Å². The highest BCUT2D eigenvalue weighted by molar-refractivity contribution is 6.71. The molecule has 1 aromatic carbocycles. The molecule has 1 aromatic heterocycles. The van der Waals surface area contributed by atoms with Crippen molar-refractivity contribution >= 4 is 19.9 Å². The van der Waals surface area contributed by atoms with E-state index in [1.54, 1.807) is 16.7 Å². The van der Waals surface area contributed by atoms with Gasteiger partial charge in [-0.05, 0) is 37.7 Å². The van der Waals surface area contributed by atoms with Crippen LogP contribution in [0.3, 0.4) is 0 Å². The Balaban J connectivity index is 1.57. The van der Waals surface area contributed by atoms with Gasteiger partial charge in [-0.15, -0.1) is 5.10 Å². The summed E-state index contributed by atoms with van der Waals surface area (Å²) >= 11 is 0. The van der Waals surface area contributed by atoms with Crippen LogP contribution in [-0.2, 0) is 22.5 Å². The third-order valence-electron chi connectivity index (χ3n) is 7.14. The Labute approximate surface area is 207 Å². The number of nitrogens with one attached hydrogen (secondary N) is 1. The molecule has 3 heterocycles. The molecule has 1 fully saturated rings. The zero-order chi connectivity index (χ0) is 25.2. The van der Waals surface area contributed by atoms with Crippen LogP contribution in [-0.4, -0.2) is 78.6 Å². The van der Waals surface area contributed by atoms with E-state index in [9.17, 15) is 9.59 Å². The second-order valence-corrected chi connectivity index (χ2v) is 14.1. The topological polar surface area (TPSA) is 122 Å². The van der Waals surface area contributed by atoms with Crippen LogP contribution < -0.4 is 15.0 Å². The maximum atomic E-state index is 12.4. The highest BCUT2D eigenvalue weighted by Gasteiger charge is 2.46. The lowest BCUT2D eigenvalue weighted by Crippen LogP contribution is -2.49. The molecule has 2 aliphatic heterocycles. The van der Waals surface area contributed by atoms with Crippen LogP contribution in [0.5, 0.6) is 5.75 Å². The molecule has 3 N–H and O–H groups in total. The van der Waals surface area contributed by atoms with Gasteiger partial charge in [0, 0.05) is 68.7 Å². The predicted molar refractivity (Wildman–Crippen MR) is 134 cm³/mol. The first-order valence-electron chi connectivity index (χ1n) is 12.3. The van der Waals surface area contributed by atoms with Gasteiger partial charge in [0.05, 0.1) is 18.3 Å². The Morgan fingerprint density at radius 1 is 1.37 bits per heavy atom. The number of aliphatic hydroxyl groups excluding tert-OH is 1. The summed E-state index contributed by atoms with van der Waals surface area (Å²) in [4.78, 5) is 25.5. The van der Waals surface area contributed by atoms with E-state index in [1.807, 2.05) is 37.5 Å². The monoisotopic (exact) mass is 503 g/mol. The smallest absolute Gasteiger partial charge is 0.240 e. The zero-order valence-corrected chi connectivity index (χ0v) is 22.0. The first kappa shape index (κ1) is 25.8. The zero-order valence-electron chi connectivity index (χ0n) is 21.0. The lowest BCUT2D eigenvalue weighted by Gasteiger charge is -2.44. The van der Waals surface area contributed by atoms with Gasteiger partial charge < -0.3 is 29.6 Å². The molecule has 4 rings (SSSR count). The van der Waals surface area contributed by atoms with Crippen molar-refractivity contribution in [3.05, 3.63) is 35.7 Å². The average molecular weight is 504 g/mol. The van der Waals surface area contributed by atoms with Crippen molar-refractivity contribution in [1.29, 1.82) is 0 Å². The number of amides is 1. The maximum absolute atomic E-state index is 12.4. The highest BCUT2D eigenvalue weighted by Crippen LogP contribution is 2.47. The molecule has 1 unspecified atom stereocenters. The summed E-state index contributed by atoms with van der Waals surface area (Å²) in [5.41, 5.74) is 2.47. The number of aryl methyl sites for hydroxylation is 1. The van der Waals surface area contributed by atoms with E-state index in [0.717, 1.165) is 29.2 Å². The van der Waals surface area contributed by atoms with Crippen LogP contribution in [0.15, 0.2) is 24.4 Å². The fraction of sp³-hybridized carbons (Fsp3) is 0.625. The Bertz CT molecular complexity index is 1030. The molecule has 2 aromatic rings. The highest BCUT2D eigenvalue weighted by atomic mass is 28.4. The number of methoxy groups -OCH3 is 1. The maximum Gasteiger partial charge on any atom is 0.240 e. The second kappa shape index (κ2) is 10.7. The molecule has 0 spiro atoms. The number of aromatic nitrogens is 3. The van der Waals surface area contributed by atoms with E-state index < -0.39 is 8.32 Å². The summed E-state index contributed by atoms with van der Waals surface area (Å²) in [6.45, 7) is 8.36. The number of hydrogen-bond donors (Lipinski definition) is 3. The lowest BCUT2D eigenvalue weighted by molar-refractivity contribution is -0.118. The summed E-state index contributed by atoms with van der Waals surface area (Å²) < 4.78 is 14.3. The quantitative estimate of drug-likeness (QED) is 0.440. The fourth-order valence-corrected chi connectivity index (χ4v) is 7.29. The molecule has 11 heteroatoms. The number of carbonyl (C=O) groups excluding carboxylic acids is 1. The molecule has 0 radical (unpaired) electrons. The van der Waals surface area contributed by atoms with Gasteiger partial charge in [0.2, 0.25) is 5.91 Å². The molecule has 4 atom stereocenters. The summed E-state index contributed by atoms with van der Waals surface area (Å²) in [7, 11) is -0.931. The van der Waals surface area contributed by atoms with Crippen molar-refractivity contribution < 1.29 is 24.2 Å². The molecule has 0 aliphatic carbocycles. The number of carbonyl (C=O) groups is 1. The molecular formula is C24H37N5O5Si. The van der Waals surface area contributed by atoms with Crippen LogP contribution in [0.2, 0.25) is 18.6 Å². The van der Waals surface area contributed by atoms with Crippen molar-refractivity contribution in [1.82, 2.24) is 20.3 Å². The van der Waals surface area contributed by atoms with Crippen molar-refractivity contribution in [2.24, 2.45) is 5.92 Å². The van der Waals surface area contributed by atoms with E-state index in [2.05, 4.69) is 22.6 Å². The lowest BCUT2D eigenvalue weighted by atomic mass is 9.86. The molecule has 10 nitrogen and oxygen atoms in total. The molecule has 1 saturated heterocycles. The number of nitrogens with zero attached hydrogens (tertiary/aromatic N) is 4. The van der Waals surface area contributed by atoms with Crippen molar-refractivity contribution in [2.45, 2.75) is 57.2 Å². The fourth-order valence-electron chi connectivity index (χ4n) is 5.28. The van der Waals surface area contributed by atoms with Gasteiger partial charge in [-0.3, -0.25) is 9.48 Å². The van der Waals surface area contributed by atoms with Gasteiger partial charge in [0.15, 0.2) is 8.32 Å². The van der Waals surface area contributed by atoms with Crippen molar-refractivity contribution in [3.8, 4) is 5.75 Å². The summed E-state index contributed by atoms with van der Waals surface area (Å²) in [5.74, 6) is 0.780. The average Bonchev–Trinajstić information content (AvgIpc) is 3.26. The van der Waals surface area contributed by atoms with Gasteiger partial charge in [-0.1, -0.05) is 12.1 Å².